The van der Waals surface area contributed by atoms with Crippen molar-refractivity contribution in [1.29, 1.82) is 0 Å². The largest absolute Gasteiger partial charge is 0.464 e. The van der Waals surface area contributed by atoms with Crippen LogP contribution in [-0.4, -0.2) is 31.3 Å². The number of rotatable bonds is 3. The minimum absolute atomic E-state index is 0.00380. The van der Waals surface area contributed by atoms with Crippen LogP contribution in [0.25, 0.3) is 17.0 Å². The number of nitrogens with one attached hydrogen (secondary N) is 2. The molecule has 0 aliphatic carbocycles. The Balaban J connectivity index is 2.41. The van der Waals surface area contributed by atoms with Gasteiger partial charge in [0.25, 0.3) is 0 Å². The van der Waals surface area contributed by atoms with Gasteiger partial charge in [0.2, 0.25) is 0 Å². The first-order valence-electron chi connectivity index (χ1n) is 5.87. The summed E-state index contributed by atoms with van der Waals surface area (Å²) in [6.07, 6.45) is 2.54. The van der Waals surface area contributed by atoms with Crippen molar-refractivity contribution < 1.29 is 19.1 Å². The van der Waals surface area contributed by atoms with E-state index in [9.17, 15) is 9.59 Å². The highest BCUT2D eigenvalue weighted by Crippen LogP contribution is 2.20. The number of esters is 1. The molecule has 6 nitrogen and oxygen atoms in total. The summed E-state index contributed by atoms with van der Waals surface area (Å²) in [6.45, 7) is 0. The number of carbonyl (C=O) groups is 2. The monoisotopic (exact) mass is 274 g/mol. The zero-order valence-corrected chi connectivity index (χ0v) is 11.1. The van der Waals surface area contributed by atoms with Gasteiger partial charge in [0.15, 0.2) is 0 Å². The van der Waals surface area contributed by atoms with E-state index in [1.54, 1.807) is 6.20 Å². The Morgan fingerprint density at radius 2 is 1.95 bits per heavy atom. The van der Waals surface area contributed by atoms with E-state index in [4.69, 9.17) is 0 Å². The number of hydrogen-bond acceptors (Lipinski definition) is 4. The van der Waals surface area contributed by atoms with Crippen LogP contribution in [0.1, 0.15) is 5.56 Å². The fraction of sp³-hybridized carbons (Fsp3) is 0.143. The van der Waals surface area contributed by atoms with Gasteiger partial charge in [0, 0.05) is 22.7 Å². The normalized spacial score (nSPS) is 11.2. The number of hydrogen-bond donors (Lipinski definition) is 2. The standard InChI is InChI=1S/C14H14N2O4/c1-19-13(17)12(16-14(18)20-2)7-9-8-15-11-6-4-3-5-10(9)11/h3-8,15H,1-2H3,(H,16,18)/b12-7-. The number of aromatic amines is 1. The number of alkyl carbamates (subject to hydrolysis) is 1. The number of ether oxygens (including phenoxy) is 2. The van der Waals surface area contributed by atoms with E-state index < -0.39 is 12.1 Å². The van der Waals surface area contributed by atoms with Crippen LogP contribution in [0.3, 0.4) is 0 Å². The zero-order chi connectivity index (χ0) is 14.5. The van der Waals surface area contributed by atoms with E-state index in [1.165, 1.54) is 20.3 Å². The van der Waals surface area contributed by atoms with Gasteiger partial charge in [-0.15, -0.1) is 0 Å². The number of aromatic nitrogens is 1. The number of methoxy groups -OCH3 is 2. The SMILES string of the molecule is COC(=O)N/C(=C\c1c[nH]c2ccccc12)C(=O)OC. The molecule has 0 unspecified atom stereocenters. The number of fused-ring (bicyclic) bond motifs is 1. The highest BCUT2D eigenvalue weighted by Gasteiger charge is 2.14. The number of para-hydroxylation sites is 1. The quantitative estimate of drug-likeness (QED) is 0.663. The van der Waals surface area contributed by atoms with Crippen LogP contribution < -0.4 is 5.32 Å². The summed E-state index contributed by atoms with van der Waals surface area (Å²) in [4.78, 5) is 26.0. The molecule has 0 bridgehead atoms. The lowest BCUT2D eigenvalue weighted by Gasteiger charge is -2.06. The molecule has 6 heteroatoms. The van der Waals surface area contributed by atoms with E-state index in [0.29, 0.717) is 0 Å². The van der Waals surface area contributed by atoms with Crippen molar-refractivity contribution in [2.24, 2.45) is 0 Å². The molecular weight excluding hydrogens is 260 g/mol. The average Bonchev–Trinajstić information content (AvgIpc) is 2.89. The smallest absolute Gasteiger partial charge is 0.411 e. The lowest BCUT2D eigenvalue weighted by molar-refractivity contribution is -0.136. The van der Waals surface area contributed by atoms with Crippen molar-refractivity contribution in [2.75, 3.05) is 14.2 Å². The van der Waals surface area contributed by atoms with Gasteiger partial charge >= 0.3 is 12.1 Å². The molecule has 20 heavy (non-hydrogen) atoms. The summed E-state index contributed by atoms with van der Waals surface area (Å²) in [5.41, 5.74) is 1.70. The third-order valence-corrected chi connectivity index (χ3v) is 2.75. The molecule has 104 valence electrons. The first kappa shape index (κ1) is 13.7. The van der Waals surface area contributed by atoms with Crippen molar-refractivity contribution in [3.63, 3.8) is 0 Å². The molecule has 1 aromatic heterocycles. The molecule has 2 rings (SSSR count). The highest BCUT2D eigenvalue weighted by molar-refractivity contribution is 5.99. The fourth-order valence-electron chi connectivity index (χ4n) is 1.79. The Hall–Kier alpha value is -2.76. The third-order valence-electron chi connectivity index (χ3n) is 2.75. The second-order valence-corrected chi connectivity index (χ2v) is 3.96. The first-order valence-corrected chi connectivity index (χ1v) is 5.87. The minimum atomic E-state index is -0.735. The lowest BCUT2D eigenvalue weighted by Crippen LogP contribution is -2.27. The Labute approximate surface area is 115 Å². The summed E-state index contributed by atoms with van der Waals surface area (Å²) in [6, 6.07) is 7.61. The molecule has 0 aliphatic heterocycles. The Morgan fingerprint density at radius 1 is 1.20 bits per heavy atom. The molecule has 0 fully saturated rings. The van der Waals surface area contributed by atoms with Crippen LogP contribution in [0.15, 0.2) is 36.2 Å². The van der Waals surface area contributed by atoms with E-state index in [2.05, 4.69) is 19.8 Å². The van der Waals surface area contributed by atoms with Gasteiger partial charge in [-0.1, -0.05) is 18.2 Å². The predicted molar refractivity (Wildman–Crippen MR) is 73.8 cm³/mol. The number of H-pyrrole nitrogens is 1. The van der Waals surface area contributed by atoms with Crippen molar-refractivity contribution >= 4 is 29.0 Å². The van der Waals surface area contributed by atoms with Gasteiger partial charge in [0.05, 0.1) is 14.2 Å². The Kier molecular flexibility index (Phi) is 4.05. The van der Waals surface area contributed by atoms with Gasteiger partial charge in [-0.3, -0.25) is 5.32 Å². The van der Waals surface area contributed by atoms with E-state index >= 15 is 0 Å². The Morgan fingerprint density at radius 3 is 2.65 bits per heavy atom. The molecule has 0 radical (unpaired) electrons. The van der Waals surface area contributed by atoms with Crippen LogP contribution in [0.2, 0.25) is 0 Å². The fourth-order valence-corrected chi connectivity index (χ4v) is 1.79. The van der Waals surface area contributed by atoms with Gasteiger partial charge in [0.1, 0.15) is 5.70 Å². The second kappa shape index (κ2) is 5.92. The molecule has 1 heterocycles. The highest BCUT2D eigenvalue weighted by atomic mass is 16.5. The summed E-state index contributed by atoms with van der Waals surface area (Å²) >= 11 is 0. The molecule has 2 N–H and O–H groups in total. The molecular formula is C14H14N2O4. The average molecular weight is 274 g/mol. The van der Waals surface area contributed by atoms with Crippen molar-refractivity contribution in [3.8, 4) is 0 Å². The van der Waals surface area contributed by atoms with Gasteiger partial charge in [-0.05, 0) is 12.1 Å². The van der Waals surface area contributed by atoms with Crippen molar-refractivity contribution in [1.82, 2.24) is 10.3 Å². The third kappa shape index (κ3) is 2.80. The van der Waals surface area contributed by atoms with Crippen LogP contribution in [0.5, 0.6) is 0 Å². The molecule has 1 amide bonds. The first-order chi connectivity index (χ1) is 9.65. The zero-order valence-electron chi connectivity index (χ0n) is 11.1. The van der Waals surface area contributed by atoms with Gasteiger partial charge in [-0.25, -0.2) is 9.59 Å². The topological polar surface area (TPSA) is 80.4 Å². The maximum atomic E-state index is 11.7. The van der Waals surface area contributed by atoms with Crippen LogP contribution in [0.4, 0.5) is 4.79 Å². The summed E-state index contributed by atoms with van der Waals surface area (Å²) in [7, 11) is 2.46. The molecule has 0 saturated heterocycles. The molecule has 0 atom stereocenters. The molecule has 0 spiro atoms. The minimum Gasteiger partial charge on any atom is -0.464 e. The maximum Gasteiger partial charge on any atom is 0.411 e. The van der Waals surface area contributed by atoms with E-state index in [0.717, 1.165) is 16.5 Å². The summed E-state index contributed by atoms with van der Waals surface area (Å²) in [5.74, 6) is -0.652. The van der Waals surface area contributed by atoms with Gasteiger partial charge < -0.3 is 14.5 Å². The maximum absolute atomic E-state index is 11.7. The molecule has 2 aromatic rings. The molecule has 0 aliphatic rings. The van der Waals surface area contributed by atoms with E-state index in [-0.39, 0.29) is 5.70 Å². The summed E-state index contributed by atoms with van der Waals surface area (Å²) < 4.78 is 9.11. The predicted octanol–water partition coefficient (Wildman–Crippen LogP) is 2.04. The van der Waals surface area contributed by atoms with Crippen molar-refractivity contribution in [2.45, 2.75) is 0 Å². The van der Waals surface area contributed by atoms with Crippen LogP contribution >= 0.6 is 0 Å². The van der Waals surface area contributed by atoms with Crippen LogP contribution in [0, 0.1) is 0 Å². The van der Waals surface area contributed by atoms with Gasteiger partial charge in [-0.2, -0.15) is 0 Å². The van der Waals surface area contributed by atoms with Crippen LogP contribution in [-0.2, 0) is 14.3 Å². The number of amides is 1. The second-order valence-electron chi connectivity index (χ2n) is 3.96. The molecule has 0 saturated carbocycles. The lowest BCUT2D eigenvalue weighted by atomic mass is 10.1. The number of benzene rings is 1. The molecule has 1 aromatic carbocycles. The number of carbonyl (C=O) groups excluding carboxylic acids is 2. The van der Waals surface area contributed by atoms with E-state index in [1.807, 2.05) is 24.3 Å². The summed E-state index contributed by atoms with van der Waals surface area (Å²) in [5, 5.41) is 3.26. The Bertz CT molecular complexity index is 673. The van der Waals surface area contributed by atoms with Crippen molar-refractivity contribution in [3.05, 3.63) is 41.7 Å².